The molecule has 1 rings (SSSR count). The van der Waals surface area contributed by atoms with Crippen molar-refractivity contribution in [1.29, 1.82) is 5.26 Å². The molecule has 15 heavy (non-hydrogen) atoms. The number of halogens is 1. The van der Waals surface area contributed by atoms with E-state index in [2.05, 4.69) is 33.3 Å². The molecule has 0 saturated heterocycles. The summed E-state index contributed by atoms with van der Waals surface area (Å²) in [4.78, 5) is 11.9. The standard InChI is InChI=1S/C10H8BrNO2S/c1-14-10(13)8-3-6(5-12)2-7(4-11)9(8)15/h2-3,15H,4H2,1H3. The van der Waals surface area contributed by atoms with Crippen LogP contribution >= 0.6 is 28.6 Å². The molecule has 0 radical (unpaired) electrons. The van der Waals surface area contributed by atoms with Gasteiger partial charge in [0.15, 0.2) is 0 Å². The van der Waals surface area contributed by atoms with Gasteiger partial charge in [0, 0.05) is 10.2 Å². The molecule has 0 amide bonds. The van der Waals surface area contributed by atoms with Gasteiger partial charge in [-0.15, -0.1) is 12.6 Å². The van der Waals surface area contributed by atoms with Crippen molar-refractivity contribution in [3.8, 4) is 6.07 Å². The Morgan fingerprint density at radius 3 is 2.80 bits per heavy atom. The molecule has 0 atom stereocenters. The number of methoxy groups -OCH3 is 1. The first-order valence-electron chi connectivity index (χ1n) is 4.04. The van der Waals surface area contributed by atoms with Gasteiger partial charge in [-0.1, -0.05) is 15.9 Å². The number of alkyl halides is 1. The first-order chi connectivity index (χ1) is 7.13. The van der Waals surface area contributed by atoms with Crippen molar-refractivity contribution in [2.45, 2.75) is 10.2 Å². The number of benzene rings is 1. The van der Waals surface area contributed by atoms with Crippen LogP contribution in [0.1, 0.15) is 21.5 Å². The summed E-state index contributed by atoms with van der Waals surface area (Å²) >= 11 is 7.50. The van der Waals surface area contributed by atoms with E-state index in [0.717, 1.165) is 5.56 Å². The van der Waals surface area contributed by atoms with Crippen molar-refractivity contribution in [2.75, 3.05) is 7.11 Å². The molecule has 0 spiro atoms. The third-order valence-corrected chi connectivity index (χ3v) is 3.00. The van der Waals surface area contributed by atoms with Crippen molar-refractivity contribution in [2.24, 2.45) is 0 Å². The fourth-order valence-corrected chi connectivity index (χ4v) is 2.08. The van der Waals surface area contributed by atoms with Crippen molar-refractivity contribution in [3.63, 3.8) is 0 Å². The molecule has 0 unspecified atom stereocenters. The molecule has 5 heteroatoms. The Hall–Kier alpha value is -0.990. The molecule has 0 aliphatic rings. The number of ether oxygens (including phenoxy) is 1. The minimum Gasteiger partial charge on any atom is -0.465 e. The van der Waals surface area contributed by atoms with Gasteiger partial charge in [0.25, 0.3) is 0 Å². The average molecular weight is 286 g/mol. The molecule has 78 valence electrons. The number of hydrogen-bond acceptors (Lipinski definition) is 4. The molecule has 0 aromatic heterocycles. The van der Waals surface area contributed by atoms with Crippen LogP contribution in [0.2, 0.25) is 0 Å². The summed E-state index contributed by atoms with van der Waals surface area (Å²) in [5.41, 5.74) is 1.52. The Balaban J connectivity index is 3.38. The molecule has 0 bridgehead atoms. The fourth-order valence-electron chi connectivity index (χ4n) is 1.13. The quantitative estimate of drug-likeness (QED) is 0.516. The molecular weight excluding hydrogens is 278 g/mol. The van der Waals surface area contributed by atoms with Crippen molar-refractivity contribution in [1.82, 2.24) is 0 Å². The Kier molecular flexibility index (Phi) is 4.18. The van der Waals surface area contributed by atoms with E-state index in [0.29, 0.717) is 21.4 Å². The van der Waals surface area contributed by atoms with Gasteiger partial charge in [0.2, 0.25) is 0 Å². The van der Waals surface area contributed by atoms with Gasteiger partial charge >= 0.3 is 5.97 Å². The molecular formula is C10H8BrNO2S. The number of thiol groups is 1. The van der Waals surface area contributed by atoms with E-state index in [1.807, 2.05) is 6.07 Å². The number of nitrogens with zero attached hydrogens (tertiary/aromatic N) is 1. The Labute approximate surface area is 102 Å². The van der Waals surface area contributed by atoms with Crippen LogP contribution in [0.4, 0.5) is 0 Å². The minimum atomic E-state index is -0.487. The van der Waals surface area contributed by atoms with Crippen molar-refractivity contribution in [3.05, 3.63) is 28.8 Å². The van der Waals surface area contributed by atoms with E-state index in [9.17, 15) is 4.79 Å². The number of rotatable bonds is 2. The maximum absolute atomic E-state index is 11.4. The van der Waals surface area contributed by atoms with E-state index >= 15 is 0 Å². The number of esters is 1. The molecule has 1 aromatic carbocycles. The zero-order chi connectivity index (χ0) is 11.4. The van der Waals surface area contributed by atoms with Gasteiger partial charge < -0.3 is 4.74 Å². The second kappa shape index (κ2) is 5.19. The molecule has 3 nitrogen and oxygen atoms in total. The summed E-state index contributed by atoms with van der Waals surface area (Å²) in [6, 6.07) is 5.14. The molecule has 0 aliphatic heterocycles. The number of hydrogen-bond donors (Lipinski definition) is 1. The smallest absolute Gasteiger partial charge is 0.339 e. The first kappa shape index (κ1) is 12.1. The predicted octanol–water partition coefficient (Wildman–Crippen LogP) is 2.53. The van der Waals surface area contributed by atoms with E-state index in [1.54, 1.807) is 6.07 Å². The molecule has 0 saturated carbocycles. The van der Waals surface area contributed by atoms with Gasteiger partial charge in [0.1, 0.15) is 0 Å². The lowest BCUT2D eigenvalue weighted by atomic mass is 10.1. The van der Waals surface area contributed by atoms with Crippen LogP contribution < -0.4 is 0 Å². The topological polar surface area (TPSA) is 50.1 Å². The van der Waals surface area contributed by atoms with Crippen LogP contribution in [0.25, 0.3) is 0 Å². The number of carbonyl (C=O) groups is 1. The summed E-state index contributed by atoms with van der Waals surface area (Å²) in [5.74, 6) is -0.487. The highest BCUT2D eigenvalue weighted by molar-refractivity contribution is 9.08. The lowest BCUT2D eigenvalue weighted by molar-refractivity contribution is 0.0596. The maximum atomic E-state index is 11.4. The minimum absolute atomic E-state index is 0.314. The second-order valence-electron chi connectivity index (χ2n) is 2.77. The van der Waals surface area contributed by atoms with Gasteiger partial charge in [-0.3, -0.25) is 0 Å². The summed E-state index contributed by atoms with van der Waals surface area (Å²) < 4.78 is 4.60. The van der Waals surface area contributed by atoms with Crippen LogP contribution in [0, 0.1) is 11.3 Å². The van der Waals surface area contributed by atoms with E-state index in [1.165, 1.54) is 13.2 Å². The zero-order valence-electron chi connectivity index (χ0n) is 7.95. The van der Waals surface area contributed by atoms with Crippen LogP contribution in [0.3, 0.4) is 0 Å². The highest BCUT2D eigenvalue weighted by atomic mass is 79.9. The fraction of sp³-hybridized carbons (Fsp3) is 0.200. The zero-order valence-corrected chi connectivity index (χ0v) is 10.4. The number of nitriles is 1. The Morgan fingerprint density at radius 2 is 2.33 bits per heavy atom. The van der Waals surface area contributed by atoms with Crippen molar-refractivity contribution >= 4 is 34.5 Å². The maximum Gasteiger partial charge on any atom is 0.339 e. The molecule has 1 aromatic rings. The van der Waals surface area contributed by atoms with Crippen LogP contribution in [0.5, 0.6) is 0 Å². The van der Waals surface area contributed by atoms with Crippen LogP contribution in [-0.2, 0) is 10.1 Å². The summed E-state index contributed by atoms with van der Waals surface area (Å²) in [6.07, 6.45) is 0. The third kappa shape index (κ3) is 2.52. The third-order valence-electron chi connectivity index (χ3n) is 1.87. The summed E-state index contributed by atoms with van der Waals surface area (Å²) in [6.45, 7) is 0. The van der Waals surface area contributed by atoms with E-state index in [-0.39, 0.29) is 0 Å². The van der Waals surface area contributed by atoms with E-state index < -0.39 is 5.97 Å². The predicted molar refractivity (Wildman–Crippen MR) is 62.4 cm³/mol. The van der Waals surface area contributed by atoms with E-state index in [4.69, 9.17) is 5.26 Å². The van der Waals surface area contributed by atoms with Gasteiger partial charge in [-0.05, 0) is 17.7 Å². The average Bonchev–Trinajstić information content (AvgIpc) is 2.28. The first-order valence-corrected chi connectivity index (χ1v) is 5.61. The SMILES string of the molecule is COC(=O)c1cc(C#N)cc(CBr)c1S. The highest BCUT2D eigenvalue weighted by Gasteiger charge is 2.14. The Bertz CT molecular complexity index is 440. The molecule has 0 fully saturated rings. The van der Waals surface area contributed by atoms with Gasteiger partial charge in [0.05, 0.1) is 24.3 Å². The molecule has 0 aliphatic carbocycles. The normalized spacial score (nSPS) is 9.47. The monoisotopic (exact) mass is 285 g/mol. The van der Waals surface area contributed by atoms with Gasteiger partial charge in [-0.2, -0.15) is 5.26 Å². The molecule has 0 heterocycles. The Morgan fingerprint density at radius 1 is 1.67 bits per heavy atom. The second-order valence-corrected chi connectivity index (χ2v) is 3.78. The summed E-state index contributed by atoms with van der Waals surface area (Å²) in [5, 5.41) is 9.32. The van der Waals surface area contributed by atoms with Crippen LogP contribution in [0.15, 0.2) is 17.0 Å². The van der Waals surface area contributed by atoms with Gasteiger partial charge in [-0.25, -0.2) is 4.79 Å². The largest absolute Gasteiger partial charge is 0.465 e. The number of carbonyl (C=O) groups excluding carboxylic acids is 1. The molecule has 0 N–H and O–H groups in total. The lowest BCUT2D eigenvalue weighted by Gasteiger charge is -2.07. The summed E-state index contributed by atoms with van der Waals surface area (Å²) in [7, 11) is 1.29. The van der Waals surface area contributed by atoms with Crippen LogP contribution in [-0.4, -0.2) is 13.1 Å². The highest BCUT2D eigenvalue weighted by Crippen LogP contribution is 2.24. The lowest BCUT2D eigenvalue weighted by Crippen LogP contribution is -2.04. The van der Waals surface area contributed by atoms with Crippen molar-refractivity contribution < 1.29 is 9.53 Å².